The normalized spacial score (nSPS) is 15.0. The molecule has 0 bridgehead atoms. The summed E-state index contributed by atoms with van der Waals surface area (Å²) in [5, 5.41) is 9.30. The number of rotatable bonds is 6. The van der Waals surface area contributed by atoms with Crippen LogP contribution in [0.2, 0.25) is 0 Å². The number of aromatic nitrogens is 2. The van der Waals surface area contributed by atoms with E-state index in [0.717, 1.165) is 36.9 Å². The summed E-state index contributed by atoms with van der Waals surface area (Å²) in [6.45, 7) is 3.89. The molecule has 112 valence electrons. The first-order valence-corrected chi connectivity index (χ1v) is 7.53. The Bertz CT molecular complexity index is 673. The minimum atomic E-state index is -0.914. The molecule has 3 rings (SSSR count). The van der Waals surface area contributed by atoms with Crippen molar-refractivity contribution < 1.29 is 9.90 Å². The van der Waals surface area contributed by atoms with E-state index in [1.165, 1.54) is 12.8 Å². The average molecular weight is 287 g/mol. The molecular formula is C16H21N3O2. The highest BCUT2D eigenvalue weighted by molar-refractivity contribution is 6.01. The molecule has 1 aliphatic rings. The van der Waals surface area contributed by atoms with Gasteiger partial charge in [-0.25, -0.2) is 9.78 Å². The van der Waals surface area contributed by atoms with Crippen molar-refractivity contribution in [2.24, 2.45) is 0 Å². The van der Waals surface area contributed by atoms with Gasteiger partial charge in [-0.3, -0.25) is 0 Å². The Hall–Kier alpha value is -1.88. The van der Waals surface area contributed by atoms with Crippen LogP contribution in [0.5, 0.6) is 0 Å². The van der Waals surface area contributed by atoms with Crippen LogP contribution in [-0.4, -0.2) is 45.2 Å². The van der Waals surface area contributed by atoms with Gasteiger partial charge in [-0.05, 0) is 32.0 Å². The number of fused-ring (bicyclic) bond motifs is 1. The second-order valence-corrected chi connectivity index (χ2v) is 5.72. The summed E-state index contributed by atoms with van der Waals surface area (Å²) in [6.07, 6.45) is 3.40. The van der Waals surface area contributed by atoms with Crippen molar-refractivity contribution in [3.63, 3.8) is 0 Å². The molecule has 1 heterocycles. The third-order valence-electron chi connectivity index (χ3n) is 4.25. The van der Waals surface area contributed by atoms with Gasteiger partial charge in [0.15, 0.2) is 0 Å². The number of aryl methyl sites for hydroxylation is 1. The smallest absolute Gasteiger partial charge is 0.337 e. The number of carboxylic acid groups (broad SMARTS) is 1. The summed E-state index contributed by atoms with van der Waals surface area (Å²) in [7, 11) is 2.16. The van der Waals surface area contributed by atoms with Crippen molar-refractivity contribution in [2.75, 3.05) is 13.6 Å². The van der Waals surface area contributed by atoms with Crippen LogP contribution < -0.4 is 0 Å². The van der Waals surface area contributed by atoms with Crippen molar-refractivity contribution in [3.05, 3.63) is 29.6 Å². The third-order valence-corrected chi connectivity index (χ3v) is 4.25. The lowest BCUT2D eigenvalue weighted by Crippen LogP contribution is -2.25. The van der Waals surface area contributed by atoms with Crippen LogP contribution in [0.25, 0.3) is 11.0 Å². The van der Waals surface area contributed by atoms with E-state index in [4.69, 9.17) is 0 Å². The maximum Gasteiger partial charge on any atom is 0.337 e. The van der Waals surface area contributed by atoms with Crippen molar-refractivity contribution >= 4 is 17.0 Å². The summed E-state index contributed by atoms with van der Waals surface area (Å²) < 4.78 is 2.17. The lowest BCUT2D eigenvalue weighted by Gasteiger charge is -2.17. The number of carboxylic acids is 1. The first-order valence-electron chi connectivity index (χ1n) is 7.53. The quantitative estimate of drug-likeness (QED) is 0.886. The molecule has 0 radical (unpaired) electrons. The minimum absolute atomic E-state index is 0.288. The monoisotopic (exact) mass is 287 g/mol. The first kappa shape index (κ1) is 14.1. The lowest BCUT2D eigenvalue weighted by molar-refractivity contribution is 0.0699. The molecule has 0 atom stereocenters. The fourth-order valence-electron chi connectivity index (χ4n) is 2.84. The molecule has 1 saturated carbocycles. The summed E-state index contributed by atoms with van der Waals surface area (Å²) >= 11 is 0. The Morgan fingerprint density at radius 3 is 2.86 bits per heavy atom. The summed E-state index contributed by atoms with van der Waals surface area (Å²) in [5.74, 6) is 0.0471. The number of hydrogen-bond acceptors (Lipinski definition) is 3. The largest absolute Gasteiger partial charge is 0.478 e. The van der Waals surface area contributed by atoms with E-state index in [1.54, 1.807) is 12.1 Å². The topological polar surface area (TPSA) is 58.4 Å². The van der Waals surface area contributed by atoms with Crippen LogP contribution in [0.1, 0.15) is 35.9 Å². The van der Waals surface area contributed by atoms with E-state index in [2.05, 4.69) is 28.4 Å². The molecule has 1 aromatic carbocycles. The van der Waals surface area contributed by atoms with Crippen molar-refractivity contribution in [2.45, 2.75) is 38.8 Å². The summed E-state index contributed by atoms with van der Waals surface area (Å²) in [5.41, 5.74) is 1.82. The average Bonchev–Trinajstić information content (AvgIpc) is 3.25. The number of imidazole rings is 1. The minimum Gasteiger partial charge on any atom is -0.478 e. The lowest BCUT2D eigenvalue weighted by atomic mass is 10.2. The number of likely N-dealkylation sites (N-methyl/N-ethyl adjacent to an activating group) is 1. The van der Waals surface area contributed by atoms with Crippen molar-refractivity contribution in [3.8, 4) is 0 Å². The molecule has 5 nitrogen and oxygen atoms in total. The van der Waals surface area contributed by atoms with E-state index in [9.17, 15) is 9.90 Å². The Labute approximate surface area is 124 Å². The molecule has 0 amide bonds. The van der Waals surface area contributed by atoms with Gasteiger partial charge in [-0.15, -0.1) is 0 Å². The molecule has 1 N–H and O–H groups in total. The van der Waals surface area contributed by atoms with Gasteiger partial charge in [0, 0.05) is 25.6 Å². The fraction of sp³-hybridized carbons (Fsp3) is 0.500. The number of aromatic carboxylic acids is 1. The molecule has 0 spiro atoms. The number of nitrogens with zero attached hydrogens (tertiary/aromatic N) is 3. The second kappa shape index (κ2) is 5.48. The van der Waals surface area contributed by atoms with Gasteiger partial charge in [-0.1, -0.05) is 13.0 Å². The molecule has 0 unspecified atom stereocenters. The predicted molar refractivity (Wildman–Crippen MR) is 81.7 cm³/mol. The van der Waals surface area contributed by atoms with Crippen LogP contribution in [0.3, 0.4) is 0 Å². The molecule has 2 aromatic rings. The molecule has 0 saturated heterocycles. The van der Waals surface area contributed by atoms with Crippen LogP contribution in [0.15, 0.2) is 18.2 Å². The summed E-state index contributed by atoms with van der Waals surface area (Å²) in [6, 6.07) is 6.12. The Morgan fingerprint density at radius 2 is 2.24 bits per heavy atom. The Morgan fingerprint density at radius 1 is 1.48 bits per heavy atom. The summed E-state index contributed by atoms with van der Waals surface area (Å²) in [4.78, 5) is 18.3. The number of para-hydroxylation sites is 1. The molecule has 1 fully saturated rings. The van der Waals surface area contributed by atoms with E-state index in [-0.39, 0.29) is 5.56 Å². The van der Waals surface area contributed by atoms with Crippen LogP contribution in [-0.2, 0) is 13.0 Å². The standard InChI is InChI=1S/C16H21N3O2/c1-3-14-17-15-12(16(20)21)5-4-6-13(15)19(14)10-9-18(2)11-7-8-11/h4-6,11H,3,7-10H2,1-2H3,(H,20,21). The Balaban J connectivity index is 1.95. The zero-order chi connectivity index (χ0) is 15.0. The van der Waals surface area contributed by atoms with E-state index >= 15 is 0 Å². The number of benzene rings is 1. The van der Waals surface area contributed by atoms with Gasteiger partial charge >= 0.3 is 5.97 Å². The SMILES string of the molecule is CCc1nc2c(C(=O)O)cccc2n1CCN(C)C1CC1. The fourth-order valence-corrected chi connectivity index (χ4v) is 2.84. The van der Waals surface area contributed by atoms with Crippen molar-refractivity contribution in [1.82, 2.24) is 14.5 Å². The van der Waals surface area contributed by atoms with Crippen LogP contribution >= 0.6 is 0 Å². The van der Waals surface area contributed by atoms with E-state index < -0.39 is 5.97 Å². The highest BCUT2D eigenvalue weighted by atomic mass is 16.4. The van der Waals surface area contributed by atoms with Crippen molar-refractivity contribution in [1.29, 1.82) is 0 Å². The Kier molecular flexibility index (Phi) is 3.68. The number of carbonyl (C=O) groups is 1. The molecule has 1 aromatic heterocycles. The highest BCUT2D eigenvalue weighted by Gasteiger charge is 2.26. The zero-order valence-electron chi connectivity index (χ0n) is 12.5. The van der Waals surface area contributed by atoms with Crippen LogP contribution in [0.4, 0.5) is 0 Å². The molecular weight excluding hydrogens is 266 g/mol. The van der Waals surface area contributed by atoms with Crippen LogP contribution in [0, 0.1) is 0 Å². The first-order chi connectivity index (χ1) is 10.1. The molecule has 1 aliphatic carbocycles. The predicted octanol–water partition coefficient (Wildman–Crippen LogP) is 2.39. The zero-order valence-corrected chi connectivity index (χ0v) is 12.5. The second-order valence-electron chi connectivity index (χ2n) is 5.72. The van der Waals surface area contributed by atoms with E-state index in [0.29, 0.717) is 5.52 Å². The van der Waals surface area contributed by atoms with E-state index in [1.807, 2.05) is 6.07 Å². The maximum atomic E-state index is 11.3. The number of hydrogen-bond donors (Lipinski definition) is 1. The van der Waals surface area contributed by atoms with Gasteiger partial charge in [-0.2, -0.15) is 0 Å². The maximum absolute atomic E-state index is 11.3. The third kappa shape index (κ3) is 2.65. The van der Waals surface area contributed by atoms with Gasteiger partial charge < -0.3 is 14.6 Å². The highest BCUT2D eigenvalue weighted by Crippen LogP contribution is 2.26. The molecule has 21 heavy (non-hydrogen) atoms. The molecule has 5 heteroatoms. The van der Waals surface area contributed by atoms with Gasteiger partial charge in [0.05, 0.1) is 11.1 Å². The van der Waals surface area contributed by atoms with Gasteiger partial charge in [0.2, 0.25) is 0 Å². The molecule has 0 aliphatic heterocycles. The van der Waals surface area contributed by atoms with Gasteiger partial charge in [0.1, 0.15) is 11.3 Å². The van der Waals surface area contributed by atoms with Gasteiger partial charge in [0.25, 0.3) is 0 Å².